The number of nitrogens with one attached hydrogen (secondary N) is 1. The Morgan fingerprint density at radius 3 is 2.31 bits per heavy atom. The van der Waals surface area contributed by atoms with Gasteiger partial charge < -0.3 is 10.2 Å². The second-order valence-electron chi connectivity index (χ2n) is 9.71. The lowest BCUT2D eigenvalue weighted by Gasteiger charge is -2.31. The van der Waals surface area contributed by atoms with Crippen LogP contribution in [-0.4, -0.2) is 55.1 Å². The summed E-state index contributed by atoms with van der Waals surface area (Å²) in [6.07, 6.45) is 5.91. The van der Waals surface area contributed by atoms with Gasteiger partial charge in [-0.25, -0.2) is 12.7 Å². The van der Waals surface area contributed by atoms with Crippen molar-refractivity contribution in [3.8, 4) is 0 Å². The number of aryl methyl sites for hydroxylation is 1. The van der Waals surface area contributed by atoms with Gasteiger partial charge in [0, 0.05) is 32.6 Å². The van der Waals surface area contributed by atoms with E-state index in [1.54, 1.807) is 42.2 Å². The molecular weight excluding hydrogens is 474 g/mol. The van der Waals surface area contributed by atoms with Crippen LogP contribution in [0.5, 0.6) is 0 Å². The molecule has 36 heavy (non-hydrogen) atoms. The monoisotopic (exact) mass is 513 g/mol. The summed E-state index contributed by atoms with van der Waals surface area (Å²) in [6, 6.07) is 15.7. The molecule has 7 nitrogen and oxygen atoms in total. The molecular formula is C28H39N3O4S. The Bertz CT molecular complexity index is 1110. The lowest BCUT2D eigenvalue weighted by Crippen LogP contribution is -2.50. The number of carbonyl (C=O) groups excluding carboxylic acids is 2. The van der Waals surface area contributed by atoms with Gasteiger partial charge in [0.25, 0.3) is 0 Å². The quantitative estimate of drug-likeness (QED) is 0.486. The molecule has 1 fully saturated rings. The zero-order valence-electron chi connectivity index (χ0n) is 21.7. The number of hydrogen-bond acceptors (Lipinski definition) is 4. The number of hydrogen-bond donors (Lipinski definition) is 1. The minimum Gasteiger partial charge on any atom is -0.352 e. The van der Waals surface area contributed by atoms with Gasteiger partial charge in [-0.15, -0.1) is 0 Å². The number of nitrogens with zero attached hydrogens (tertiary/aromatic N) is 2. The van der Waals surface area contributed by atoms with Crippen LogP contribution in [0.1, 0.15) is 63.0 Å². The van der Waals surface area contributed by atoms with Crippen molar-refractivity contribution in [2.24, 2.45) is 0 Å². The molecule has 1 saturated carbocycles. The molecule has 3 rings (SSSR count). The van der Waals surface area contributed by atoms with Gasteiger partial charge in [0.2, 0.25) is 21.8 Å². The molecule has 0 aromatic heterocycles. The summed E-state index contributed by atoms with van der Waals surface area (Å²) < 4.78 is 26.8. The van der Waals surface area contributed by atoms with Crippen molar-refractivity contribution in [3.05, 3.63) is 65.7 Å². The molecule has 0 spiro atoms. The van der Waals surface area contributed by atoms with Crippen molar-refractivity contribution in [2.45, 2.75) is 82.3 Å². The van der Waals surface area contributed by atoms with E-state index in [2.05, 4.69) is 5.32 Å². The summed E-state index contributed by atoms with van der Waals surface area (Å²) in [7, 11) is -2.09. The summed E-state index contributed by atoms with van der Waals surface area (Å²) in [5.41, 5.74) is 2.05. The van der Waals surface area contributed by atoms with Crippen molar-refractivity contribution >= 4 is 21.8 Å². The number of amides is 2. The lowest BCUT2D eigenvalue weighted by molar-refractivity contribution is -0.141. The maximum Gasteiger partial charge on any atom is 0.242 e. The van der Waals surface area contributed by atoms with Crippen molar-refractivity contribution in [1.82, 2.24) is 14.5 Å². The first-order valence-corrected chi connectivity index (χ1v) is 14.3. The summed E-state index contributed by atoms with van der Waals surface area (Å²) in [5.74, 6) is -0.289. The van der Waals surface area contributed by atoms with Gasteiger partial charge in [-0.2, -0.15) is 0 Å². The Hall–Kier alpha value is -2.71. The molecule has 0 saturated heterocycles. The number of benzene rings is 2. The molecule has 1 aliphatic carbocycles. The molecule has 8 heteroatoms. The third kappa shape index (κ3) is 7.40. The average molecular weight is 514 g/mol. The highest BCUT2D eigenvalue weighted by Gasteiger charge is 2.28. The molecule has 1 unspecified atom stereocenters. The minimum absolute atomic E-state index is 0.132. The molecule has 1 N–H and O–H groups in total. The molecule has 2 amide bonds. The first kappa shape index (κ1) is 27.9. The fraction of sp³-hybridized carbons (Fsp3) is 0.500. The van der Waals surface area contributed by atoms with E-state index in [0.29, 0.717) is 13.0 Å². The van der Waals surface area contributed by atoms with E-state index < -0.39 is 16.1 Å². The predicted molar refractivity (Wildman–Crippen MR) is 142 cm³/mol. The van der Waals surface area contributed by atoms with Crippen LogP contribution < -0.4 is 5.32 Å². The summed E-state index contributed by atoms with van der Waals surface area (Å²) in [5, 5.41) is 3.15. The second-order valence-corrected chi connectivity index (χ2v) is 11.8. The van der Waals surface area contributed by atoms with Crippen LogP contribution in [0.3, 0.4) is 0 Å². The Balaban J connectivity index is 1.66. The summed E-state index contributed by atoms with van der Waals surface area (Å²) in [4.78, 5) is 28.3. The van der Waals surface area contributed by atoms with Crippen LogP contribution in [0.25, 0.3) is 0 Å². The fourth-order valence-corrected chi connectivity index (χ4v) is 5.84. The SMILES string of the molecule is Cc1ccccc1CN(C(=O)CCCN(C)S(=O)(=O)c1ccccc1)C(C)C(=O)NC1CCCCC1. The van der Waals surface area contributed by atoms with Crippen molar-refractivity contribution in [3.63, 3.8) is 0 Å². The maximum atomic E-state index is 13.4. The van der Waals surface area contributed by atoms with Gasteiger partial charge in [0.1, 0.15) is 6.04 Å². The fourth-order valence-electron chi connectivity index (χ4n) is 4.61. The Labute approximate surface area is 215 Å². The van der Waals surface area contributed by atoms with Crippen molar-refractivity contribution < 1.29 is 18.0 Å². The van der Waals surface area contributed by atoms with Crippen LogP contribution in [0.15, 0.2) is 59.5 Å². The molecule has 196 valence electrons. The predicted octanol–water partition coefficient (Wildman–Crippen LogP) is 4.26. The molecule has 1 aliphatic rings. The largest absolute Gasteiger partial charge is 0.352 e. The minimum atomic E-state index is -3.61. The normalized spacial score (nSPS) is 15.4. The van der Waals surface area contributed by atoms with Crippen LogP contribution in [0.2, 0.25) is 0 Å². The van der Waals surface area contributed by atoms with Gasteiger partial charge in [0.05, 0.1) is 4.90 Å². The van der Waals surface area contributed by atoms with E-state index in [1.807, 2.05) is 31.2 Å². The van der Waals surface area contributed by atoms with Crippen molar-refractivity contribution in [1.29, 1.82) is 0 Å². The zero-order chi connectivity index (χ0) is 26.1. The lowest BCUT2D eigenvalue weighted by atomic mass is 9.95. The van der Waals surface area contributed by atoms with Gasteiger partial charge >= 0.3 is 0 Å². The Morgan fingerprint density at radius 1 is 1.00 bits per heavy atom. The van der Waals surface area contributed by atoms with E-state index >= 15 is 0 Å². The molecule has 0 bridgehead atoms. The smallest absolute Gasteiger partial charge is 0.242 e. The second kappa shape index (κ2) is 13.0. The van der Waals surface area contributed by atoms with Crippen LogP contribution in [0, 0.1) is 6.92 Å². The molecule has 1 atom stereocenters. The van der Waals surface area contributed by atoms with Crippen LogP contribution in [0.4, 0.5) is 0 Å². The van der Waals surface area contributed by atoms with E-state index in [4.69, 9.17) is 0 Å². The molecule has 0 radical (unpaired) electrons. The summed E-state index contributed by atoms with van der Waals surface area (Å²) >= 11 is 0. The molecule has 2 aromatic rings. The average Bonchev–Trinajstić information content (AvgIpc) is 2.88. The highest BCUT2D eigenvalue weighted by Crippen LogP contribution is 2.20. The maximum absolute atomic E-state index is 13.4. The van der Waals surface area contributed by atoms with Crippen molar-refractivity contribution in [2.75, 3.05) is 13.6 Å². The highest BCUT2D eigenvalue weighted by molar-refractivity contribution is 7.89. The standard InChI is InChI=1S/C28H39N3O4S/c1-22-13-10-11-14-24(22)21-31(23(2)28(33)29-25-15-6-4-7-16-25)27(32)19-12-20-30(3)36(34,35)26-17-8-5-9-18-26/h5,8-11,13-14,17-18,23,25H,4,6-7,12,15-16,19-21H2,1-3H3,(H,29,33). The molecule has 0 aliphatic heterocycles. The van der Waals surface area contributed by atoms with E-state index in [1.165, 1.54) is 17.8 Å². The Morgan fingerprint density at radius 2 is 1.64 bits per heavy atom. The third-order valence-electron chi connectivity index (χ3n) is 7.04. The van der Waals surface area contributed by atoms with E-state index in [0.717, 1.165) is 36.8 Å². The van der Waals surface area contributed by atoms with Gasteiger partial charge in [-0.1, -0.05) is 61.7 Å². The highest BCUT2D eigenvalue weighted by atomic mass is 32.2. The first-order valence-electron chi connectivity index (χ1n) is 12.9. The van der Waals surface area contributed by atoms with E-state index in [-0.39, 0.29) is 35.7 Å². The topological polar surface area (TPSA) is 86.8 Å². The number of rotatable bonds is 11. The first-order chi connectivity index (χ1) is 17.2. The number of sulfonamides is 1. The van der Waals surface area contributed by atoms with Crippen LogP contribution >= 0.6 is 0 Å². The van der Waals surface area contributed by atoms with Crippen LogP contribution in [-0.2, 0) is 26.2 Å². The molecule has 0 heterocycles. The summed E-state index contributed by atoms with van der Waals surface area (Å²) in [6.45, 7) is 4.32. The molecule has 2 aromatic carbocycles. The van der Waals surface area contributed by atoms with E-state index in [9.17, 15) is 18.0 Å². The Kier molecular flexibility index (Phi) is 10.1. The van der Waals surface area contributed by atoms with Gasteiger partial charge in [-0.3, -0.25) is 9.59 Å². The number of carbonyl (C=O) groups is 2. The van der Waals surface area contributed by atoms with Gasteiger partial charge in [0.15, 0.2) is 0 Å². The zero-order valence-corrected chi connectivity index (χ0v) is 22.5. The van der Waals surface area contributed by atoms with Gasteiger partial charge in [-0.05, 0) is 56.4 Å². The third-order valence-corrected chi connectivity index (χ3v) is 8.91.